The van der Waals surface area contributed by atoms with Gasteiger partial charge in [-0.15, -0.1) is 0 Å². The van der Waals surface area contributed by atoms with Crippen LogP contribution in [0.3, 0.4) is 0 Å². The summed E-state index contributed by atoms with van der Waals surface area (Å²) in [6.45, 7) is 2.92. The summed E-state index contributed by atoms with van der Waals surface area (Å²) in [5.41, 5.74) is 1.76. The molecule has 4 rings (SSSR count). The number of nitrogens with zero attached hydrogens (tertiary/aromatic N) is 1. The van der Waals surface area contributed by atoms with Crippen LogP contribution in [0.15, 0.2) is 53.2 Å². The summed E-state index contributed by atoms with van der Waals surface area (Å²) in [4.78, 5) is 16.4. The molecule has 2 heterocycles. The maximum absolute atomic E-state index is 12.1. The van der Waals surface area contributed by atoms with Gasteiger partial charge < -0.3 is 18.9 Å². The van der Waals surface area contributed by atoms with Crippen molar-refractivity contribution in [3.8, 4) is 17.2 Å². The number of carbonyl (C=O) groups excluding carboxylic acids is 1. The van der Waals surface area contributed by atoms with Gasteiger partial charge in [-0.05, 0) is 48.4 Å². The molecule has 0 aliphatic carbocycles. The molecule has 6 heteroatoms. The molecular weight excluding hydrogens is 334 g/mol. The molecule has 0 radical (unpaired) electrons. The van der Waals surface area contributed by atoms with Gasteiger partial charge in [0.2, 0.25) is 12.7 Å². The minimum absolute atomic E-state index is 0.189. The summed E-state index contributed by atoms with van der Waals surface area (Å²) in [6, 6.07) is 12.8. The van der Waals surface area contributed by atoms with Crippen LogP contribution < -0.4 is 14.2 Å². The number of fused-ring (bicyclic) bond motifs is 1. The predicted molar refractivity (Wildman–Crippen MR) is 95.4 cm³/mol. The van der Waals surface area contributed by atoms with Crippen LogP contribution in [-0.2, 0) is 9.53 Å². The zero-order chi connectivity index (χ0) is 17.9. The molecule has 0 saturated carbocycles. The second kappa shape index (κ2) is 6.92. The number of benzene rings is 2. The third kappa shape index (κ3) is 3.26. The first kappa shape index (κ1) is 16.2. The molecule has 26 heavy (non-hydrogen) atoms. The van der Waals surface area contributed by atoms with E-state index < -0.39 is 5.97 Å². The number of cyclic esters (lactones) is 1. The summed E-state index contributed by atoms with van der Waals surface area (Å²) < 4.78 is 21.5. The molecule has 2 aromatic carbocycles. The fraction of sp³-hybridized carbons (Fsp3) is 0.200. The lowest BCUT2D eigenvalue weighted by molar-refractivity contribution is -0.129. The van der Waals surface area contributed by atoms with E-state index >= 15 is 0 Å². The van der Waals surface area contributed by atoms with Gasteiger partial charge in [-0.3, -0.25) is 0 Å². The molecule has 2 aliphatic heterocycles. The average molecular weight is 351 g/mol. The summed E-state index contributed by atoms with van der Waals surface area (Å²) in [5, 5.41) is 0. The lowest BCUT2D eigenvalue weighted by Gasteiger charge is -2.04. The van der Waals surface area contributed by atoms with Crippen molar-refractivity contribution in [2.45, 2.75) is 13.3 Å². The minimum atomic E-state index is -0.482. The van der Waals surface area contributed by atoms with E-state index in [-0.39, 0.29) is 18.4 Å². The van der Waals surface area contributed by atoms with Gasteiger partial charge in [0.1, 0.15) is 5.75 Å². The van der Waals surface area contributed by atoms with Gasteiger partial charge >= 0.3 is 5.97 Å². The van der Waals surface area contributed by atoms with E-state index in [1.165, 1.54) is 0 Å². The normalized spacial score (nSPS) is 16.6. The second-order valence-corrected chi connectivity index (χ2v) is 5.82. The van der Waals surface area contributed by atoms with Gasteiger partial charge in [0.25, 0.3) is 0 Å². The van der Waals surface area contributed by atoms with Crippen molar-refractivity contribution in [2.75, 3.05) is 13.4 Å². The SMILES string of the molecule is CCCOc1ccc(/C=C2/N=C(c3ccc4c(c3)OCO4)OC2=O)cc1. The molecule has 0 spiro atoms. The van der Waals surface area contributed by atoms with Crippen LogP contribution in [0.25, 0.3) is 6.08 Å². The molecule has 2 aliphatic rings. The zero-order valence-corrected chi connectivity index (χ0v) is 14.2. The molecular formula is C20H17NO5. The van der Waals surface area contributed by atoms with Gasteiger partial charge in [0.15, 0.2) is 17.2 Å². The highest BCUT2D eigenvalue weighted by Crippen LogP contribution is 2.33. The van der Waals surface area contributed by atoms with Crippen LogP contribution in [-0.4, -0.2) is 25.3 Å². The van der Waals surface area contributed by atoms with Gasteiger partial charge in [-0.25, -0.2) is 9.79 Å². The van der Waals surface area contributed by atoms with E-state index in [4.69, 9.17) is 18.9 Å². The molecule has 0 aromatic heterocycles. The van der Waals surface area contributed by atoms with Crippen molar-refractivity contribution in [3.05, 3.63) is 59.3 Å². The fourth-order valence-electron chi connectivity index (χ4n) is 2.60. The molecule has 0 saturated heterocycles. The van der Waals surface area contributed by atoms with Gasteiger partial charge in [0, 0.05) is 5.56 Å². The molecule has 2 aromatic rings. The van der Waals surface area contributed by atoms with Crippen LogP contribution in [0.4, 0.5) is 0 Å². The minimum Gasteiger partial charge on any atom is -0.494 e. The van der Waals surface area contributed by atoms with Gasteiger partial charge in [-0.2, -0.15) is 0 Å². The maximum atomic E-state index is 12.1. The van der Waals surface area contributed by atoms with Gasteiger partial charge in [-0.1, -0.05) is 19.1 Å². The lowest BCUT2D eigenvalue weighted by atomic mass is 10.2. The topological polar surface area (TPSA) is 66.3 Å². The highest BCUT2D eigenvalue weighted by Gasteiger charge is 2.25. The average Bonchev–Trinajstić information content (AvgIpc) is 3.27. The number of carbonyl (C=O) groups is 1. The molecule has 0 N–H and O–H groups in total. The number of ether oxygens (including phenoxy) is 4. The molecule has 0 amide bonds. The van der Waals surface area contributed by atoms with Crippen molar-refractivity contribution in [1.82, 2.24) is 0 Å². The zero-order valence-electron chi connectivity index (χ0n) is 14.2. The Balaban J connectivity index is 1.55. The number of rotatable bonds is 5. The highest BCUT2D eigenvalue weighted by molar-refractivity contribution is 6.13. The molecule has 6 nitrogen and oxygen atoms in total. The fourth-order valence-corrected chi connectivity index (χ4v) is 2.60. The third-order valence-corrected chi connectivity index (χ3v) is 3.90. The Morgan fingerprint density at radius 3 is 2.73 bits per heavy atom. The second-order valence-electron chi connectivity index (χ2n) is 5.82. The molecule has 0 bridgehead atoms. The quantitative estimate of drug-likeness (QED) is 0.609. The van der Waals surface area contributed by atoms with Gasteiger partial charge in [0.05, 0.1) is 6.61 Å². The highest BCUT2D eigenvalue weighted by atomic mass is 16.7. The summed E-state index contributed by atoms with van der Waals surface area (Å²) in [5.74, 6) is 1.85. The van der Waals surface area contributed by atoms with Crippen molar-refractivity contribution in [2.24, 2.45) is 4.99 Å². The van der Waals surface area contributed by atoms with E-state index in [1.807, 2.05) is 24.3 Å². The Bertz CT molecular complexity index is 899. The van der Waals surface area contributed by atoms with E-state index in [2.05, 4.69) is 11.9 Å². The Kier molecular flexibility index (Phi) is 4.31. The van der Waals surface area contributed by atoms with Crippen LogP contribution in [0, 0.1) is 0 Å². The standard InChI is InChI=1S/C20H17NO5/c1-2-9-23-15-6-3-13(4-7-15)10-16-20(22)26-19(21-16)14-5-8-17-18(11-14)25-12-24-17/h3-8,10-11H,2,9,12H2,1H3/b16-10+. The smallest absolute Gasteiger partial charge is 0.363 e. The first-order valence-corrected chi connectivity index (χ1v) is 8.38. The Morgan fingerprint density at radius 1 is 1.12 bits per heavy atom. The number of hydrogen-bond donors (Lipinski definition) is 0. The monoisotopic (exact) mass is 351 g/mol. The maximum Gasteiger partial charge on any atom is 0.363 e. The van der Waals surface area contributed by atoms with Crippen molar-refractivity contribution < 1.29 is 23.7 Å². The van der Waals surface area contributed by atoms with Crippen LogP contribution in [0.1, 0.15) is 24.5 Å². The number of hydrogen-bond acceptors (Lipinski definition) is 6. The van der Waals surface area contributed by atoms with Crippen LogP contribution in [0.2, 0.25) is 0 Å². The molecule has 0 atom stereocenters. The molecule has 132 valence electrons. The van der Waals surface area contributed by atoms with E-state index in [0.717, 1.165) is 17.7 Å². The molecule has 0 unspecified atom stereocenters. The molecule has 0 fully saturated rings. The summed E-state index contributed by atoms with van der Waals surface area (Å²) in [6.07, 6.45) is 2.64. The number of esters is 1. The van der Waals surface area contributed by atoms with Crippen LogP contribution in [0.5, 0.6) is 17.2 Å². The van der Waals surface area contributed by atoms with E-state index in [9.17, 15) is 4.79 Å². The number of aliphatic imine (C=N–C) groups is 1. The van der Waals surface area contributed by atoms with Crippen molar-refractivity contribution in [3.63, 3.8) is 0 Å². The first-order chi connectivity index (χ1) is 12.7. The first-order valence-electron chi connectivity index (χ1n) is 8.38. The van der Waals surface area contributed by atoms with E-state index in [0.29, 0.717) is 23.7 Å². The predicted octanol–water partition coefficient (Wildman–Crippen LogP) is 3.55. The third-order valence-electron chi connectivity index (χ3n) is 3.90. The van der Waals surface area contributed by atoms with E-state index in [1.54, 1.807) is 24.3 Å². The van der Waals surface area contributed by atoms with Crippen LogP contribution >= 0.6 is 0 Å². The Hall–Kier alpha value is -3.28. The summed E-state index contributed by atoms with van der Waals surface area (Å²) in [7, 11) is 0. The Morgan fingerprint density at radius 2 is 1.92 bits per heavy atom. The van der Waals surface area contributed by atoms with Crippen molar-refractivity contribution in [1.29, 1.82) is 0 Å². The summed E-state index contributed by atoms with van der Waals surface area (Å²) >= 11 is 0. The van der Waals surface area contributed by atoms with Crippen molar-refractivity contribution >= 4 is 17.9 Å². The Labute approximate surface area is 150 Å². The lowest BCUT2D eigenvalue weighted by Crippen LogP contribution is -2.05. The largest absolute Gasteiger partial charge is 0.494 e.